The lowest BCUT2D eigenvalue weighted by Crippen LogP contribution is -2.19. The van der Waals surface area contributed by atoms with Crippen LogP contribution < -0.4 is 5.73 Å². The molecule has 0 amide bonds. The summed E-state index contributed by atoms with van der Waals surface area (Å²) in [7, 11) is 0. The van der Waals surface area contributed by atoms with Crippen molar-refractivity contribution in [2.24, 2.45) is 0 Å². The number of benzene rings is 2. The number of aromatic hydroxyl groups is 2. The summed E-state index contributed by atoms with van der Waals surface area (Å²) in [5, 5.41) is 19.1. The van der Waals surface area contributed by atoms with E-state index in [1.165, 1.54) is 0 Å². The summed E-state index contributed by atoms with van der Waals surface area (Å²) < 4.78 is 0. The van der Waals surface area contributed by atoms with E-state index in [9.17, 15) is 10.2 Å². The van der Waals surface area contributed by atoms with E-state index < -0.39 is 0 Å². The van der Waals surface area contributed by atoms with E-state index >= 15 is 0 Å². The van der Waals surface area contributed by atoms with Crippen LogP contribution in [0.2, 0.25) is 0 Å². The standard InChI is InChI=1S/C16H19NO2/c1-10-8-11(4-6-14(10)18)16(2,3)12-5-7-15(19)13(17)9-12/h4-9,18-19H,17H2,1-3H3. The minimum absolute atomic E-state index is 0.0986. The molecule has 0 spiro atoms. The van der Waals surface area contributed by atoms with Crippen LogP contribution in [0.5, 0.6) is 11.5 Å². The molecular formula is C16H19NO2. The van der Waals surface area contributed by atoms with Crippen molar-refractivity contribution < 1.29 is 10.2 Å². The lowest BCUT2D eigenvalue weighted by Gasteiger charge is -2.27. The van der Waals surface area contributed by atoms with Gasteiger partial charge in [-0.05, 0) is 41.8 Å². The van der Waals surface area contributed by atoms with Gasteiger partial charge in [0.25, 0.3) is 0 Å². The van der Waals surface area contributed by atoms with Crippen LogP contribution in [0.3, 0.4) is 0 Å². The number of hydrogen-bond acceptors (Lipinski definition) is 3. The number of phenols is 2. The van der Waals surface area contributed by atoms with Gasteiger partial charge >= 0.3 is 0 Å². The first kappa shape index (κ1) is 13.3. The van der Waals surface area contributed by atoms with Crippen molar-refractivity contribution in [3.63, 3.8) is 0 Å². The molecule has 2 rings (SSSR count). The molecule has 0 radical (unpaired) electrons. The van der Waals surface area contributed by atoms with Gasteiger partial charge in [0.2, 0.25) is 0 Å². The summed E-state index contributed by atoms with van der Waals surface area (Å²) in [5.41, 5.74) is 8.84. The maximum Gasteiger partial charge on any atom is 0.138 e. The molecule has 0 heterocycles. The molecule has 4 N–H and O–H groups in total. The highest BCUT2D eigenvalue weighted by atomic mass is 16.3. The Morgan fingerprint density at radius 2 is 1.42 bits per heavy atom. The summed E-state index contributed by atoms with van der Waals surface area (Å²) in [6, 6.07) is 10.9. The van der Waals surface area contributed by atoms with E-state index in [1.807, 2.05) is 25.1 Å². The molecule has 0 atom stereocenters. The van der Waals surface area contributed by atoms with E-state index in [0.29, 0.717) is 11.4 Å². The monoisotopic (exact) mass is 257 g/mol. The van der Waals surface area contributed by atoms with Gasteiger partial charge in [0.1, 0.15) is 11.5 Å². The second kappa shape index (κ2) is 4.50. The predicted molar refractivity (Wildman–Crippen MR) is 77.5 cm³/mol. The molecule has 0 unspecified atom stereocenters. The lowest BCUT2D eigenvalue weighted by molar-refractivity contribution is 0.470. The minimum Gasteiger partial charge on any atom is -0.508 e. The van der Waals surface area contributed by atoms with E-state index in [2.05, 4.69) is 13.8 Å². The third-order valence-corrected chi connectivity index (χ3v) is 3.67. The third kappa shape index (κ3) is 2.36. The normalized spacial score (nSPS) is 11.5. The highest BCUT2D eigenvalue weighted by Crippen LogP contribution is 2.36. The van der Waals surface area contributed by atoms with Gasteiger partial charge in [-0.1, -0.05) is 32.0 Å². The molecule has 100 valence electrons. The number of anilines is 1. The largest absolute Gasteiger partial charge is 0.508 e. The number of nitrogens with two attached hydrogens (primary N) is 1. The molecule has 0 aliphatic carbocycles. The fourth-order valence-corrected chi connectivity index (χ4v) is 2.15. The van der Waals surface area contributed by atoms with Crippen molar-refractivity contribution in [1.82, 2.24) is 0 Å². The number of nitrogen functional groups attached to an aromatic ring is 1. The average molecular weight is 257 g/mol. The molecular weight excluding hydrogens is 238 g/mol. The number of phenolic OH excluding ortho intramolecular Hbond substituents is 2. The van der Waals surface area contributed by atoms with Crippen LogP contribution in [0.1, 0.15) is 30.5 Å². The Hall–Kier alpha value is -2.16. The van der Waals surface area contributed by atoms with Crippen molar-refractivity contribution in [3.8, 4) is 11.5 Å². The highest BCUT2D eigenvalue weighted by molar-refractivity contribution is 5.56. The first-order chi connectivity index (χ1) is 8.82. The molecule has 0 bridgehead atoms. The Morgan fingerprint density at radius 3 is 1.95 bits per heavy atom. The van der Waals surface area contributed by atoms with Crippen molar-refractivity contribution in [3.05, 3.63) is 53.1 Å². The average Bonchev–Trinajstić information content (AvgIpc) is 2.35. The molecule has 0 aromatic heterocycles. The van der Waals surface area contributed by atoms with Crippen LogP contribution >= 0.6 is 0 Å². The van der Waals surface area contributed by atoms with Gasteiger partial charge in [-0.15, -0.1) is 0 Å². The smallest absolute Gasteiger partial charge is 0.138 e. The Balaban J connectivity index is 2.51. The van der Waals surface area contributed by atoms with E-state index in [0.717, 1.165) is 16.7 Å². The maximum absolute atomic E-state index is 9.61. The van der Waals surface area contributed by atoms with Crippen LogP contribution in [0.15, 0.2) is 36.4 Å². The summed E-state index contributed by atoms with van der Waals surface area (Å²) in [5.74, 6) is 0.395. The highest BCUT2D eigenvalue weighted by Gasteiger charge is 2.24. The first-order valence-electron chi connectivity index (χ1n) is 6.21. The van der Waals surface area contributed by atoms with E-state index in [4.69, 9.17) is 5.73 Å². The molecule has 0 aliphatic heterocycles. The van der Waals surface area contributed by atoms with E-state index in [1.54, 1.807) is 18.2 Å². The summed E-state index contributed by atoms with van der Waals surface area (Å²) in [6.07, 6.45) is 0. The Labute approximate surface area is 113 Å². The van der Waals surface area contributed by atoms with Crippen molar-refractivity contribution in [2.75, 3.05) is 5.73 Å². The number of rotatable bonds is 2. The van der Waals surface area contributed by atoms with Crippen LogP contribution in [-0.4, -0.2) is 10.2 Å². The number of aryl methyl sites for hydroxylation is 1. The van der Waals surface area contributed by atoms with Crippen LogP contribution in [-0.2, 0) is 5.41 Å². The quantitative estimate of drug-likeness (QED) is 0.571. The van der Waals surface area contributed by atoms with Gasteiger partial charge in [0, 0.05) is 5.41 Å². The zero-order valence-electron chi connectivity index (χ0n) is 11.4. The van der Waals surface area contributed by atoms with E-state index in [-0.39, 0.29) is 11.2 Å². The second-order valence-corrected chi connectivity index (χ2v) is 5.40. The summed E-state index contributed by atoms with van der Waals surface area (Å²) in [4.78, 5) is 0. The topological polar surface area (TPSA) is 66.5 Å². The molecule has 3 heteroatoms. The molecule has 0 aliphatic rings. The van der Waals surface area contributed by atoms with Crippen LogP contribution in [0.4, 0.5) is 5.69 Å². The van der Waals surface area contributed by atoms with Gasteiger partial charge in [0.15, 0.2) is 0 Å². The molecule has 2 aromatic carbocycles. The van der Waals surface area contributed by atoms with Crippen LogP contribution in [0.25, 0.3) is 0 Å². The van der Waals surface area contributed by atoms with Crippen molar-refractivity contribution in [1.29, 1.82) is 0 Å². The summed E-state index contributed by atoms with van der Waals surface area (Å²) in [6.45, 7) is 6.05. The lowest BCUT2D eigenvalue weighted by atomic mass is 9.77. The fourth-order valence-electron chi connectivity index (χ4n) is 2.15. The second-order valence-electron chi connectivity index (χ2n) is 5.40. The number of hydrogen-bond donors (Lipinski definition) is 3. The van der Waals surface area contributed by atoms with Gasteiger partial charge in [-0.2, -0.15) is 0 Å². The zero-order chi connectivity index (χ0) is 14.2. The molecule has 19 heavy (non-hydrogen) atoms. The zero-order valence-corrected chi connectivity index (χ0v) is 11.4. The molecule has 0 saturated heterocycles. The van der Waals surface area contributed by atoms with Crippen molar-refractivity contribution in [2.45, 2.75) is 26.2 Å². The first-order valence-corrected chi connectivity index (χ1v) is 6.21. The van der Waals surface area contributed by atoms with Gasteiger partial charge in [0.05, 0.1) is 5.69 Å². The Morgan fingerprint density at radius 1 is 0.895 bits per heavy atom. The fraction of sp³-hybridized carbons (Fsp3) is 0.250. The summed E-state index contributed by atoms with van der Waals surface area (Å²) >= 11 is 0. The predicted octanol–water partition coefficient (Wildman–Crippen LogP) is 3.31. The molecule has 3 nitrogen and oxygen atoms in total. The minimum atomic E-state index is -0.250. The molecule has 2 aromatic rings. The Bertz CT molecular complexity index is 565. The van der Waals surface area contributed by atoms with Crippen molar-refractivity contribution >= 4 is 5.69 Å². The van der Waals surface area contributed by atoms with Gasteiger partial charge in [-0.25, -0.2) is 0 Å². The maximum atomic E-state index is 9.61. The third-order valence-electron chi connectivity index (χ3n) is 3.67. The molecule has 0 fully saturated rings. The van der Waals surface area contributed by atoms with Gasteiger partial charge in [-0.3, -0.25) is 0 Å². The van der Waals surface area contributed by atoms with Gasteiger partial charge < -0.3 is 15.9 Å². The van der Waals surface area contributed by atoms with Crippen LogP contribution in [0, 0.1) is 6.92 Å². The SMILES string of the molecule is Cc1cc(C(C)(C)c2ccc(O)c(N)c2)ccc1O. The Kier molecular flexibility index (Phi) is 3.14. The molecule has 0 saturated carbocycles.